The summed E-state index contributed by atoms with van der Waals surface area (Å²) >= 11 is 0. The first-order valence-electron chi connectivity index (χ1n) is 4.85. The van der Waals surface area contributed by atoms with Crippen molar-refractivity contribution in [2.24, 2.45) is 5.73 Å². The Labute approximate surface area is 89.1 Å². The molecule has 82 valence electrons. The SMILES string of the molecule is C=CCC(N)C(=O)NC(C)c1ccco1. The molecule has 4 heteroatoms. The van der Waals surface area contributed by atoms with Gasteiger partial charge in [0, 0.05) is 0 Å². The summed E-state index contributed by atoms with van der Waals surface area (Å²) in [7, 11) is 0. The highest BCUT2D eigenvalue weighted by atomic mass is 16.3. The highest BCUT2D eigenvalue weighted by Crippen LogP contribution is 2.12. The van der Waals surface area contributed by atoms with Crippen molar-refractivity contribution in [3.63, 3.8) is 0 Å². The van der Waals surface area contributed by atoms with Crippen LogP contribution in [0.25, 0.3) is 0 Å². The molecule has 0 aliphatic heterocycles. The molecule has 1 amide bonds. The first-order chi connectivity index (χ1) is 7.15. The topological polar surface area (TPSA) is 68.3 Å². The maximum absolute atomic E-state index is 11.5. The standard InChI is InChI=1S/C11H16N2O2/c1-3-5-9(12)11(14)13-8(2)10-6-4-7-15-10/h3-4,6-9H,1,5,12H2,2H3,(H,13,14). The summed E-state index contributed by atoms with van der Waals surface area (Å²) in [6.07, 6.45) is 3.67. The molecule has 0 saturated carbocycles. The zero-order valence-corrected chi connectivity index (χ0v) is 8.77. The van der Waals surface area contributed by atoms with Crippen molar-refractivity contribution in [1.82, 2.24) is 5.32 Å². The van der Waals surface area contributed by atoms with Crippen LogP contribution in [0.2, 0.25) is 0 Å². The summed E-state index contributed by atoms with van der Waals surface area (Å²) in [5, 5.41) is 2.76. The van der Waals surface area contributed by atoms with Crippen LogP contribution in [0.5, 0.6) is 0 Å². The molecule has 2 atom stereocenters. The van der Waals surface area contributed by atoms with Gasteiger partial charge in [0.25, 0.3) is 0 Å². The van der Waals surface area contributed by atoms with Gasteiger partial charge in [-0.2, -0.15) is 0 Å². The van der Waals surface area contributed by atoms with Crippen molar-refractivity contribution in [3.8, 4) is 0 Å². The van der Waals surface area contributed by atoms with Gasteiger partial charge in [-0.3, -0.25) is 4.79 Å². The zero-order valence-electron chi connectivity index (χ0n) is 8.77. The Bertz CT molecular complexity index is 319. The minimum atomic E-state index is -0.542. The van der Waals surface area contributed by atoms with Crippen LogP contribution in [-0.2, 0) is 4.79 Å². The summed E-state index contributed by atoms with van der Waals surface area (Å²) in [5.74, 6) is 0.521. The van der Waals surface area contributed by atoms with Gasteiger partial charge in [0.05, 0.1) is 18.3 Å². The third kappa shape index (κ3) is 3.25. The first-order valence-corrected chi connectivity index (χ1v) is 4.85. The molecule has 1 rings (SSSR count). The fraction of sp³-hybridized carbons (Fsp3) is 0.364. The van der Waals surface area contributed by atoms with E-state index in [0.717, 1.165) is 0 Å². The molecule has 4 nitrogen and oxygen atoms in total. The molecule has 1 heterocycles. The second kappa shape index (κ2) is 5.36. The van der Waals surface area contributed by atoms with E-state index < -0.39 is 6.04 Å². The lowest BCUT2D eigenvalue weighted by atomic mass is 10.2. The summed E-state index contributed by atoms with van der Waals surface area (Å²) in [5.41, 5.74) is 5.62. The molecule has 1 aromatic heterocycles. The number of hydrogen-bond acceptors (Lipinski definition) is 3. The maximum atomic E-state index is 11.5. The lowest BCUT2D eigenvalue weighted by molar-refractivity contribution is -0.123. The van der Waals surface area contributed by atoms with E-state index in [1.807, 2.05) is 13.0 Å². The van der Waals surface area contributed by atoms with Crippen LogP contribution in [0.4, 0.5) is 0 Å². The fourth-order valence-corrected chi connectivity index (χ4v) is 1.22. The largest absolute Gasteiger partial charge is 0.467 e. The molecule has 15 heavy (non-hydrogen) atoms. The lowest BCUT2D eigenvalue weighted by Crippen LogP contribution is -2.41. The highest BCUT2D eigenvalue weighted by Gasteiger charge is 2.16. The van der Waals surface area contributed by atoms with Gasteiger partial charge in [0.1, 0.15) is 5.76 Å². The van der Waals surface area contributed by atoms with Gasteiger partial charge in [-0.05, 0) is 25.5 Å². The minimum absolute atomic E-state index is 0.164. The number of furan rings is 1. The van der Waals surface area contributed by atoms with Gasteiger partial charge in [-0.1, -0.05) is 6.08 Å². The number of carbonyl (C=O) groups is 1. The molecule has 3 N–H and O–H groups in total. The second-order valence-corrected chi connectivity index (χ2v) is 3.38. The quantitative estimate of drug-likeness (QED) is 0.718. The van der Waals surface area contributed by atoms with Crippen LogP contribution in [0.3, 0.4) is 0 Å². The van der Waals surface area contributed by atoms with Crippen LogP contribution in [0.15, 0.2) is 35.5 Å². The Morgan fingerprint density at radius 3 is 3.07 bits per heavy atom. The van der Waals surface area contributed by atoms with E-state index in [9.17, 15) is 4.79 Å². The Morgan fingerprint density at radius 2 is 2.53 bits per heavy atom. The van der Waals surface area contributed by atoms with Crippen LogP contribution in [-0.4, -0.2) is 11.9 Å². The molecule has 0 fully saturated rings. The van der Waals surface area contributed by atoms with Crippen molar-refractivity contribution in [2.75, 3.05) is 0 Å². The Hall–Kier alpha value is -1.55. The molecule has 0 aliphatic carbocycles. The van der Waals surface area contributed by atoms with Gasteiger partial charge >= 0.3 is 0 Å². The summed E-state index contributed by atoms with van der Waals surface area (Å²) < 4.78 is 5.16. The first kappa shape index (κ1) is 11.5. The molecule has 1 aromatic rings. The number of carbonyl (C=O) groups excluding carboxylic acids is 1. The van der Waals surface area contributed by atoms with Crippen molar-refractivity contribution in [2.45, 2.75) is 25.4 Å². The third-order valence-corrected chi connectivity index (χ3v) is 2.09. The molecule has 0 saturated heterocycles. The van der Waals surface area contributed by atoms with Gasteiger partial charge in [-0.25, -0.2) is 0 Å². The lowest BCUT2D eigenvalue weighted by Gasteiger charge is -2.14. The number of amides is 1. The molecular formula is C11H16N2O2. The molecule has 0 aromatic carbocycles. The summed E-state index contributed by atoms with van der Waals surface area (Å²) in [4.78, 5) is 11.5. The van der Waals surface area contributed by atoms with E-state index >= 15 is 0 Å². The third-order valence-electron chi connectivity index (χ3n) is 2.09. The predicted molar refractivity (Wildman–Crippen MR) is 58.1 cm³/mol. The van der Waals surface area contributed by atoms with E-state index in [2.05, 4.69) is 11.9 Å². The van der Waals surface area contributed by atoms with E-state index in [1.54, 1.807) is 18.4 Å². The Morgan fingerprint density at radius 1 is 1.80 bits per heavy atom. The van der Waals surface area contributed by atoms with E-state index in [1.165, 1.54) is 0 Å². The van der Waals surface area contributed by atoms with Crippen molar-refractivity contribution >= 4 is 5.91 Å². The number of rotatable bonds is 5. The van der Waals surface area contributed by atoms with E-state index in [0.29, 0.717) is 12.2 Å². The number of nitrogens with two attached hydrogens (primary N) is 1. The van der Waals surface area contributed by atoms with Gasteiger partial charge in [0.15, 0.2) is 0 Å². The number of hydrogen-bond donors (Lipinski definition) is 2. The smallest absolute Gasteiger partial charge is 0.237 e. The highest BCUT2D eigenvalue weighted by molar-refractivity contribution is 5.81. The Kier molecular flexibility index (Phi) is 4.12. The molecule has 2 unspecified atom stereocenters. The van der Waals surface area contributed by atoms with Crippen LogP contribution in [0, 0.1) is 0 Å². The van der Waals surface area contributed by atoms with Crippen molar-refractivity contribution < 1.29 is 9.21 Å². The number of nitrogens with one attached hydrogen (secondary N) is 1. The fourth-order valence-electron chi connectivity index (χ4n) is 1.22. The normalized spacial score (nSPS) is 14.3. The molecule has 0 radical (unpaired) electrons. The van der Waals surface area contributed by atoms with Crippen LogP contribution < -0.4 is 11.1 Å². The van der Waals surface area contributed by atoms with Gasteiger partial charge in [-0.15, -0.1) is 6.58 Å². The van der Waals surface area contributed by atoms with Crippen LogP contribution >= 0.6 is 0 Å². The minimum Gasteiger partial charge on any atom is -0.467 e. The van der Waals surface area contributed by atoms with Crippen LogP contribution in [0.1, 0.15) is 25.1 Å². The van der Waals surface area contributed by atoms with Gasteiger partial charge < -0.3 is 15.5 Å². The Balaban J connectivity index is 2.48. The summed E-state index contributed by atoms with van der Waals surface area (Å²) in [6.45, 7) is 5.38. The molecule has 0 spiro atoms. The molecular weight excluding hydrogens is 192 g/mol. The predicted octanol–water partition coefficient (Wildman–Crippen LogP) is 1.36. The monoisotopic (exact) mass is 208 g/mol. The van der Waals surface area contributed by atoms with Gasteiger partial charge in [0.2, 0.25) is 5.91 Å². The molecule has 0 bridgehead atoms. The zero-order chi connectivity index (χ0) is 11.3. The van der Waals surface area contributed by atoms with Crippen molar-refractivity contribution in [1.29, 1.82) is 0 Å². The average Bonchev–Trinajstić information content (AvgIpc) is 2.70. The maximum Gasteiger partial charge on any atom is 0.237 e. The van der Waals surface area contributed by atoms with E-state index in [4.69, 9.17) is 10.2 Å². The summed E-state index contributed by atoms with van der Waals surface area (Å²) in [6, 6.07) is 2.88. The van der Waals surface area contributed by atoms with E-state index in [-0.39, 0.29) is 11.9 Å². The average molecular weight is 208 g/mol. The van der Waals surface area contributed by atoms with Crippen molar-refractivity contribution in [3.05, 3.63) is 36.8 Å². The second-order valence-electron chi connectivity index (χ2n) is 3.38. The molecule has 0 aliphatic rings.